The number of nitrogens with one attached hydrogen (secondary N) is 1. The number of methoxy groups -OCH3 is 2. The summed E-state index contributed by atoms with van der Waals surface area (Å²) in [5.74, 6) is 2.47. The van der Waals surface area contributed by atoms with Crippen molar-refractivity contribution in [2.75, 3.05) is 33.1 Å². The standard InChI is InChI=1S/C17H22N4O3S/c1-23-12-6-7-13(14(10-12)24-2)16-18-17(20-19-16)25-11-15(22)21-8-4-3-5-9-21/h6-7,10H,3-5,8-9,11H2,1-2H3,(H,18,19,20). The monoisotopic (exact) mass is 362 g/mol. The summed E-state index contributed by atoms with van der Waals surface area (Å²) in [5, 5.41) is 7.66. The first-order valence-corrected chi connectivity index (χ1v) is 9.25. The molecule has 0 atom stereocenters. The lowest BCUT2D eigenvalue weighted by Gasteiger charge is -2.26. The average Bonchev–Trinajstić information content (AvgIpc) is 3.15. The minimum Gasteiger partial charge on any atom is -0.497 e. The number of amides is 1. The van der Waals surface area contributed by atoms with E-state index < -0.39 is 0 Å². The van der Waals surface area contributed by atoms with Gasteiger partial charge in [-0.2, -0.15) is 0 Å². The molecule has 1 aromatic carbocycles. The van der Waals surface area contributed by atoms with E-state index in [-0.39, 0.29) is 5.91 Å². The number of H-pyrrole nitrogens is 1. The molecule has 1 saturated heterocycles. The van der Waals surface area contributed by atoms with E-state index in [0.717, 1.165) is 31.5 Å². The van der Waals surface area contributed by atoms with Crippen LogP contribution in [0.4, 0.5) is 0 Å². The highest BCUT2D eigenvalue weighted by Crippen LogP contribution is 2.32. The van der Waals surface area contributed by atoms with Crippen molar-refractivity contribution in [3.8, 4) is 22.9 Å². The summed E-state index contributed by atoms with van der Waals surface area (Å²) < 4.78 is 10.6. The topological polar surface area (TPSA) is 80.3 Å². The Morgan fingerprint density at radius 1 is 1.24 bits per heavy atom. The van der Waals surface area contributed by atoms with E-state index in [2.05, 4.69) is 15.2 Å². The first-order valence-electron chi connectivity index (χ1n) is 8.26. The van der Waals surface area contributed by atoms with Gasteiger partial charge in [0.2, 0.25) is 11.1 Å². The van der Waals surface area contributed by atoms with Crippen molar-refractivity contribution in [2.24, 2.45) is 0 Å². The molecule has 0 saturated carbocycles. The Morgan fingerprint density at radius 2 is 2.04 bits per heavy atom. The number of piperidine rings is 1. The molecule has 1 aromatic heterocycles. The molecular weight excluding hydrogens is 340 g/mol. The molecular formula is C17H22N4O3S. The van der Waals surface area contributed by atoms with E-state index in [1.54, 1.807) is 20.3 Å². The summed E-state index contributed by atoms with van der Waals surface area (Å²) in [5.41, 5.74) is 0.796. The third-order valence-electron chi connectivity index (χ3n) is 4.16. The summed E-state index contributed by atoms with van der Waals surface area (Å²) in [7, 11) is 3.21. The van der Waals surface area contributed by atoms with E-state index in [9.17, 15) is 4.79 Å². The average molecular weight is 362 g/mol. The first kappa shape index (κ1) is 17.6. The van der Waals surface area contributed by atoms with Crippen LogP contribution in [0, 0.1) is 0 Å². The molecule has 1 amide bonds. The summed E-state index contributed by atoms with van der Waals surface area (Å²) in [6.07, 6.45) is 3.40. The van der Waals surface area contributed by atoms with Crippen molar-refractivity contribution in [3.05, 3.63) is 18.2 Å². The lowest BCUT2D eigenvalue weighted by atomic mass is 10.1. The largest absolute Gasteiger partial charge is 0.497 e. The van der Waals surface area contributed by atoms with Crippen LogP contribution in [0.15, 0.2) is 23.4 Å². The number of benzene rings is 1. The third-order valence-corrected chi connectivity index (χ3v) is 4.99. The SMILES string of the molecule is COc1ccc(-c2nc(SCC(=O)N3CCCCC3)n[nH]2)c(OC)c1. The Bertz CT molecular complexity index is 728. The Kier molecular flexibility index (Phi) is 5.80. The Balaban J connectivity index is 1.65. The number of rotatable bonds is 6. The molecule has 1 N–H and O–H groups in total. The molecule has 134 valence electrons. The zero-order valence-electron chi connectivity index (χ0n) is 14.4. The van der Waals surface area contributed by atoms with Crippen LogP contribution in [-0.4, -0.2) is 59.1 Å². The molecule has 2 aromatic rings. The third kappa shape index (κ3) is 4.25. The number of likely N-dealkylation sites (tertiary alicyclic amines) is 1. The van der Waals surface area contributed by atoms with Gasteiger partial charge in [-0.3, -0.25) is 9.89 Å². The van der Waals surface area contributed by atoms with Crippen molar-refractivity contribution < 1.29 is 14.3 Å². The van der Waals surface area contributed by atoms with Gasteiger partial charge in [0, 0.05) is 19.2 Å². The van der Waals surface area contributed by atoms with Crippen LogP contribution >= 0.6 is 11.8 Å². The lowest BCUT2D eigenvalue weighted by Crippen LogP contribution is -2.36. The Labute approximate surface area is 151 Å². The van der Waals surface area contributed by atoms with Gasteiger partial charge in [0.1, 0.15) is 11.5 Å². The van der Waals surface area contributed by atoms with Gasteiger partial charge in [-0.05, 0) is 31.4 Å². The van der Waals surface area contributed by atoms with Crippen LogP contribution in [0.2, 0.25) is 0 Å². The minimum absolute atomic E-state index is 0.151. The van der Waals surface area contributed by atoms with Crippen molar-refractivity contribution >= 4 is 17.7 Å². The fourth-order valence-corrected chi connectivity index (χ4v) is 3.49. The number of aromatic amines is 1. The normalized spacial score (nSPS) is 14.4. The summed E-state index contributed by atoms with van der Waals surface area (Å²) >= 11 is 1.35. The molecule has 1 aliphatic rings. The summed E-state index contributed by atoms with van der Waals surface area (Å²) in [6, 6.07) is 5.50. The van der Waals surface area contributed by atoms with Gasteiger partial charge in [-0.15, -0.1) is 5.10 Å². The zero-order chi connectivity index (χ0) is 17.6. The molecule has 1 fully saturated rings. The lowest BCUT2D eigenvalue weighted by molar-refractivity contribution is -0.129. The highest BCUT2D eigenvalue weighted by Gasteiger charge is 2.18. The van der Waals surface area contributed by atoms with E-state index in [1.807, 2.05) is 17.0 Å². The van der Waals surface area contributed by atoms with Gasteiger partial charge in [0.05, 0.1) is 25.5 Å². The predicted molar refractivity (Wildman–Crippen MR) is 96.1 cm³/mol. The number of carbonyl (C=O) groups is 1. The number of nitrogens with zero attached hydrogens (tertiary/aromatic N) is 3. The van der Waals surface area contributed by atoms with Gasteiger partial charge < -0.3 is 14.4 Å². The molecule has 0 unspecified atom stereocenters. The zero-order valence-corrected chi connectivity index (χ0v) is 15.3. The molecule has 0 radical (unpaired) electrons. The summed E-state index contributed by atoms with van der Waals surface area (Å²) in [6.45, 7) is 1.73. The molecule has 7 nitrogen and oxygen atoms in total. The highest BCUT2D eigenvalue weighted by molar-refractivity contribution is 7.99. The van der Waals surface area contributed by atoms with Crippen LogP contribution < -0.4 is 9.47 Å². The van der Waals surface area contributed by atoms with Crippen LogP contribution in [0.25, 0.3) is 11.4 Å². The molecule has 3 rings (SSSR count). The number of hydrogen-bond donors (Lipinski definition) is 1. The number of thioether (sulfide) groups is 1. The molecule has 0 spiro atoms. The fourth-order valence-electron chi connectivity index (χ4n) is 2.79. The second kappa shape index (κ2) is 8.24. The molecule has 8 heteroatoms. The van der Waals surface area contributed by atoms with Crippen molar-refractivity contribution in [3.63, 3.8) is 0 Å². The van der Waals surface area contributed by atoms with Gasteiger partial charge in [-0.25, -0.2) is 4.98 Å². The number of ether oxygens (including phenoxy) is 2. The second-order valence-electron chi connectivity index (χ2n) is 5.76. The minimum atomic E-state index is 0.151. The maximum atomic E-state index is 12.2. The molecule has 2 heterocycles. The fraction of sp³-hybridized carbons (Fsp3) is 0.471. The van der Waals surface area contributed by atoms with Crippen molar-refractivity contribution in [1.82, 2.24) is 20.1 Å². The number of aromatic nitrogens is 3. The van der Waals surface area contributed by atoms with Gasteiger partial charge in [0.25, 0.3) is 0 Å². The quantitative estimate of drug-likeness (QED) is 0.796. The molecule has 0 bridgehead atoms. The van der Waals surface area contributed by atoms with Gasteiger partial charge in [0.15, 0.2) is 5.82 Å². The number of hydrogen-bond acceptors (Lipinski definition) is 6. The van der Waals surface area contributed by atoms with E-state index >= 15 is 0 Å². The maximum absolute atomic E-state index is 12.2. The molecule has 1 aliphatic heterocycles. The second-order valence-corrected chi connectivity index (χ2v) is 6.71. The molecule has 0 aliphatic carbocycles. The van der Waals surface area contributed by atoms with E-state index in [0.29, 0.717) is 28.2 Å². The van der Waals surface area contributed by atoms with Crippen LogP contribution in [0.5, 0.6) is 11.5 Å². The first-order chi connectivity index (χ1) is 12.2. The van der Waals surface area contributed by atoms with E-state index in [1.165, 1.54) is 18.2 Å². The maximum Gasteiger partial charge on any atom is 0.233 e. The Hall–Kier alpha value is -2.22. The van der Waals surface area contributed by atoms with Crippen molar-refractivity contribution in [1.29, 1.82) is 0 Å². The highest BCUT2D eigenvalue weighted by atomic mass is 32.2. The molecule has 25 heavy (non-hydrogen) atoms. The van der Waals surface area contributed by atoms with Crippen molar-refractivity contribution in [2.45, 2.75) is 24.4 Å². The van der Waals surface area contributed by atoms with Gasteiger partial charge >= 0.3 is 0 Å². The Morgan fingerprint density at radius 3 is 2.76 bits per heavy atom. The van der Waals surface area contributed by atoms with Crippen LogP contribution in [0.3, 0.4) is 0 Å². The number of carbonyl (C=O) groups excluding carboxylic acids is 1. The summed E-state index contributed by atoms with van der Waals surface area (Å²) in [4.78, 5) is 18.6. The smallest absolute Gasteiger partial charge is 0.233 e. The predicted octanol–water partition coefficient (Wildman–Crippen LogP) is 2.59. The van der Waals surface area contributed by atoms with Gasteiger partial charge in [-0.1, -0.05) is 11.8 Å². The van der Waals surface area contributed by atoms with Crippen LogP contribution in [-0.2, 0) is 4.79 Å². The van der Waals surface area contributed by atoms with Crippen LogP contribution in [0.1, 0.15) is 19.3 Å². The van der Waals surface area contributed by atoms with E-state index in [4.69, 9.17) is 9.47 Å².